The minimum Gasteiger partial charge on any atom is -0.339 e. The second kappa shape index (κ2) is 7.93. The van der Waals surface area contributed by atoms with E-state index in [4.69, 9.17) is 4.52 Å². The molecule has 0 spiro atoms. The van der Waals surface area contributed by atoms with Gasteiger partial charge in [0.1, 0.15) is 0 Å². The Balaban J connectivity index is 2.18. The molecule has 1 aromatic heterocycles. The Morgan fingerprint density at radius 3 is 2.57 bits per heavy atom. The maximum atomic E-state index is 5.46. The van der Waals surface area contributed by atoms with E-state index in [2.05, 4.69) is 60.5 Å². The second-order valence-corrected chi connectivity index (χ2v) is 5.43. The van der Waals surface area contributed by atoms with E-state index in [9.17, 15) is 0 Å². The Hall–Kier alpha value is -1.68. The molecule has 0 amide bonds. The van der Waals surface area contributed by atoms with Gasteiger partial charge < -0.3 is 9.84 Å². The van der Waals surface area contributed by atoms with Gasteiger partial charge >= 0.3 is 0 Å². The summed E-state index contributed by atoms with van der Waals surface area (Å²) in [4.78, 5) is 4.54. The molecule has 0 saturated heterocycles. The van der Waals surface area contributed by atoms with Crippen LogP contribution in [0.5, 0.6) is 0 Å². The molecule has 2 unspecified atom stereocenters. The summed E-state index contributed by atoms with van der Waals surface area (Å²) in [6, 6.07) is 10.7. The summed E-state index contributed by atoms with van der Waals surface area (Å²) in [5.74, 6) is 1.68. The summed E-state index contributed by atoms with van der Waals surface area (Å²) >= 11 is 0. The average molecular weight is 287 g/mol. The normalized spacial score (nSPS) is 14.0. The number of rotatable bonds is 8. The number of benzene rings is 1. The van der Waals surface area contributed by atoms with Crippen LogP contribution in [-0.4, -0.2) is 16.7 Å². The van der Waals surface area contributed by atoms with Gasteiger partial charge in [-0.2, -0.15) is 4.98 Å². The summed E-state index contributed by atoms with van der Waals surface area (Å²) in [5, 5.41) is 7.67. The fraction of sp³-hybridized carbons (Fsp3) is 0.529. The molecule has 2 aromatic rings. The molecule has 0 aliphatic carbocycles. The number of nitrogens with one attached hydrogen (secondary N) is 1. The molecule has 2 rings (SSSR count). The third-order valence-electron chi connectivity index (χ3n) is 3.62. The van der Waals surface area contributed by atoms with Crippen LogP contribution in [0.2, 0.25) is 0 Å². The zero-order chi connectivity index (χ0) is 15.1. The Labute approximate surface area is 127 Å². The van der Waals surface area contributed by atoms with Gasteiger partial charge in [-0.05, 0) is 24.9 Å². The molecule has 2 atom stereocenters. The average Bonchev–Trinajstić information content (AvgIpc) is 2.97. The quantitative estimate of drug-likeness (QED) is 0.801. The van der Waals surface area contributed by atoms with Gasteiger partial charge in [0.15, 0.2) is 5.82 Å². The van der Waals surface area contributed by atoms with E-state index < -0.39 is 0 Å². The molecule has 4 nitrogen and oxygen atoms in total. The third-order valence-corrected chi connectivity index (χ3v) is 3.62. The third kappa shape index (κ3) is 4.14. The molecular formula is C17H25N3O. The number of hydrogen-bond acceptors (Lipinski definition) is 4. The number of hydrogen-bond donors (Lipinski definition) is 1. The first-order chi connectivity index (χ1) is 10.3. The first kappa shape index (κ1) is 15.7. The molecule has 1 heterocycles. The summed E-state index contributed by atoms with van der Waals surface area (Å²) in [7, 11) is 0. The van der Waals surface area contributed by atoms with Crippen molar-refractivity contribution in [2.45, 2.75) is 52.0 Å². The first-order valence-corrected chi connectivity index (χ1v) is 7.87. The van der Waals surface area contributed by atoms with E-state index in [1.54, 1.807) is 0 Å². The van der Waals surface area contributed by atoms with Crippen molar-refractivity contribution >= 4 is 0 Å². The van der Waals surface area contributed by atoms with Crippen molar-refractivity contribution in [1.82, 2.24) is 15.5 Å². The van der Waals surface area contributed by atoms with Crippen LogP contribution < -0.4 is 5.32 Å². The van der Waals surface area contributed by atoms with Crippen LogP contribution >= 0.6 is 0 Å². The Morgan fingerprint density at radius 2 is 1.90 bits per heavy atom. The molecule has 4 heteroatoms. The van der Waals surface area contributed by atoms with Crippen LogP contribution in [0.1, 0.15) is 62.9 Å². The molecule has 114 valence electrons. The monoisotopic (exact) mass is 287 g/mol. The lowest BCUT2D eigenvalue weighted by atomic mass is 9.94. The van der Waals surface area contributed by atoms with Gasteiger partial charge in [-0.25, -0.2) is 0 Å². The van der Waals surface area contributed by atoms with Gasteiger partial charge in [0.2, 0.25) is 5.89 Å². The molecule has 0 saturated carbocycles. The van der Waals surface area contributed by atoms with E-state index in [0.29, 0.717) is 0 Å². The van der Waals surface area contributed by atoms with E-state index in [1.807, 2.05) is 6.07 Å². The van der Waals surface area contributed by atoms with Crippen molar-refractivity contribution in [3.8, 4) is 0 Å². The lowest BCUT2D eigenvalue weighted by Crippen LogP contribution is -2.26. The van der Waals surface area contributed by atoms with Crippen LogP contribution in [0.25, 0.3) is 0 Å². The van der Waals surface area contributed by atoms with Gasteiger partial charge in [0.25, 0.3) is 0 Å². The van der Waals surface area contributed by atoms with Gasteiger partial charge in [-0.1, -0.05) is 56.3 Å². The summed E-state index contributed by atoms with van der Waals surface area (Å²) in [5.41, 5.74) is 1.26. The Kier molecular flexibility index (Phi) is 5.93. The lowest BCUT2D eigenvalue weighted by Gasteiger charge is -2.23. The minimum absolute atomic E-state index is 0.150. The molecule has 0 radical (unpaired) electrons. The zero-order valence-corrected chi connectivity index (χ0v) is 13.2. The molecule has 0 aliphatic rings. The highest BCUT2D eigenvalue weighted by Crippen LogP contribution is 2.29. The number of nitrogens with zero attached hydrogens (tertiary/aromatic N) is 2. The van der Waals surface area contributed by atoms with Gasteiger partial charge in [-0.3, -0.25) is 0 Å². The van der Waals surface area contributed by atoms with Crippen molar-refractivity contribution in [2.75, 3.05) is 6.54 Å². The zero-order valence-electron chi connectivity index (χ0n) is 13.2. The van der Waals surface area contributed by atoms with Gasteiger partial charge in [-0.15, -0.1) is 0 Å². The highest BCUT2D eigenvalue weighted by molar-refractivity contribution is 5.22. The van der Waals surface area contributed by atoms with Crippen molar-refractivity contribution in [3.63, 3.8) is 0 Å². The predicted octanol–water partition coefficient (Wildman–Crippen LogP) is 3.87. The molecular weight excluding hydrogens is 262 g/mol. The highest BCUT2D eigenvalue weighted by Gasteiger charge is 2.25. The first-order valence-electron chi connectivity index (χ1n) is 7.87. The summed E-state index contributed by atoms with van der Waals surface area (Å²) in [6.07, 6.45) is 3.00. The van der Waals surface area contributed by atoms with Crippen molar-refractivity contribution < 1.29 is 4.52 Å². The van der Waals surface area contributed by atoms with Gasteiger partial charge in [0, 0.05) is 12.5 Å². The SMILES string of the molecule is CCCNC(c1ccccc1)C(C)c1nc(CCC)no1. The molecule has 0 fully saturated rings. The summed E-state index contributed by atoms with van der Waals surface area (Å²) < 4.78 is 5.46. The van der Waals surface area contributed by atoms with Crippen LogP contribution in [0, 0.1) is 0 Å². The number of aryl methyl sites for hydroxylation is 1. The fourth-order valence-electron chi connectivity index (χ4n) is 2.46. The van der Waals surface area contributed by atoms with E-state index in [1.165, 1.54) is 5.56 Å². The standard InChI is InChI=1S/C17H25N3O/c1-4-9-15-19-17(21-20-15)13(3)16(18-12-5-2)14-10-7-6-8-11-14/h6-8,10-11,13,16,18H,4-5,9,12H2,1-3H3. The van der Waals surface area contributed by atoms with Crippen LogP contribution in [-0.2, 0) is 6.42 Å². The molecule has 1 aromatic carbocycles. The molecule has 0 bridgehead atoms. The van der Waals surface area contributed by atoms with E-state index in [0.717, 1.165) is 37.5 Å². The Bertz CT molecular complexity index is 524. The fourth-order valence-corrected chi connectivity index (χ4v) is 2.46. The topological polar surface area (TPSA) is 51.0 Å². The van der Waals surface area contributed by atoms with Crippen LogP contribution in [0.3, 0.4) is 0 Å². The highest BCUT2D eigenvalue weighted by atomic mass is 16.5. The Morgan fingerprint density at radius 1 is 1.14 bits per heavy atom. The van der Waals surface area contributed by atoms with Crippen LogP contribution in [0.4, 0.5) is 0 Å². The molecule has 0 aliphatic heterocycles. The van der Waals surface area contributed by atoms with E-state index >= 15 is 0 Å². The minimum atomic E-state index is 0.150. The maximum Gasteiger partial charge on any atom is 0.231 e. The van der Waals surface area contributed by atoms with E-state index in [-0.39, 0.29) is 12.0 Å². The largest absolute Gasteiger partial charge is 0.339 e. The number of aromatic nitrogens is 2. The van der Waals surface area contributed by atoms with Gasteiger partial charge in [0.05, 0.1) is 5.92 Å². The smallest absolute Gasteiger partial charge is 0.231 e. The summed E-state index contributed by atoms with van der Waals surface area (Å²) in [6.45, 7) is 7.41. The molecule has 1 N–H and O–H groups in total. The van der Waals surface area contributed by atoms with Crippen molar-refractivity contribution in [3.05, 3.63) is 47.6 Å². The lowest BCUT2D eigenvalue weighted by molar-refractivity contribution is 0.323. The van der Waals surface area contributed by atoms with Crippen LogP contribution in [0.15, 0.2) is 34.9 Å². The predicted molar refractivity (Wildman–Crippen MR) is 84.2 cm³/mol. The second-order valence-electron chi connectivity index (χ2n) is 5.43. The van der Waals surface area contributed by atoms with Crippen molar-refractivity contribution in [2.24, 2.45) is 0 Å². The molecule has 21 heavy (non-hydrogen) atoms. The maximum absolute atomic E-state index is 5.46. The van der Waals surface area contributed by atoms with Crippen molar-refractivity contribution in [1.29, 1.82) is 0 Å².